The summed E-state index contributed by atoms with van der Waals surface area (Å²) in [6.45, 7) is 3.53. The summed E-state index contributed by atoms with van der Waals surface area (Å²) in [4.78, 5) is 39.0. The van der Waals surface area contributed by atoms with Crippen LogP contribution in [0.25, 0.3) is 0 Å². The smallest absolute Gasteiger partial charge is 0.328 e. The summed E-state index contributed by atoms with van der Waals surface area (Å²) in [5.74, 6) is -2.10. The van der Waals surface area contributed by atoms with Crippen LogP contribution in [-0.4, -0.2) is 30.9 Å². The van der Waals surface area contributed by atoms with Crippen molar-refractivity contribution < 1.29 is 28.3 Å². The summed E-state index contributed by atoms with van der Waals surface area (Å²) < 4.78 is 16.0. The van der Waals surface area contributed by atoms with E-state index in [-0.39, 0.29) is 25.4 Å². The minimum Gasteiger partial charge on any atom is -0.469 e. The van der Waals surface area contributed by atoms with Crippen molar-refractivity contribution in [3.8, 4) is 0 Å². The standard InChI is InChI=1S/C20H20O6/c1-3-24-18(22)20(19(23)25-4-2)14-9-6-5-8-13(14)16(21)12-15(20)17-10-7-11-26-17/h5-11,15H,3-4,12H2,1-2H3. The Kier molecular flexibility index (Phi) is 4.93. The summed E-state index contributed by atoms with van der Waals surface area (Å²) in [6, 6.07) is 9.91. The SMILES string of the molecule is CCOC(=O)C1(C(=O)OCC)c2ccccc2C(=O)CC1c1ccco1. The van der Waals surface area contributed by atoms with Gasteiger partial charge in [0.15, 0.2) is 5.78 Å². The first-order valence-electron chi connectivity index (χ1n) is 8.57. The molecule has 0 fully saturated rings. The molecule has 1 unspecified atom stereocenters. The van der Waals surface area contributed by atoms with Gasteiger partial charge in [0.05, 0.1) is 25.4 Å². The van der Waals surface area contributed by atoms with Gasteiger partial charge >= 0.3 is 11.9 Å². The number of ether oxygens (including phenoxy) is 2. The molecule has 1 atom stereocenters. The minimum absolute atomic E-state index is 0.0534. The highest BCUT2D eigenvalue weighted by Gasteiger charge is 2.61. The summed E-state index contributed by atoms with van der Waals surface area (Å²) in [5, 5.41) is 0. The van der Waals surface area contributed by atoms with Gasteiger partial charge < -0.3 is 13.9 Å². The lowest BCUT2D eigenvalue weighted by molar-refractivity contribution is -0.167. The van der Waals surface area contributed by atoms with Gasteiger partial charge in [-0.05, 0) is 31.5 Å². The van der Waals surface area contributed by atoms with Crippen molar-refractivity contribution >= 4 is 17.7 Å². The van der Waals surface area contributed by atoms with Crippen LogP contribution in [0.1, 0.15) is 47.9 Å². The predicted molar refractivity (Wildman–Crippen MR) is 91.8 cm³/mol. The van der Waals surface area contributed by atoms with Crippen molar-refractivity contribution in [2.45, 2.75) is 31.6 Å². The molecule has 0 aliphatic heterocycles. The van der Waals surface area contributed by atoms with Crippen molar-refractivity contribution in [1.29, 1.82) is 0 Å². The number of ketones is 1. The van der Waals surface area contributed by atoms with Crippen LogP contribution in [0.15, 0.2) is 47.1 Å². The molecule has 26 heavy (non-hydrogen) atoms. The molecule has 6 heteroatoms. The highest BCUT2D eigenvalue weighted by atomic mass is 16.6. The highest BCUT2D eigenvalue weighted by Crippen LogP contribution is 2.49. The molecule has 0 amide bonds. The molecule has 2 aromatic rings. The second-order valence-electron chi connectivity index (χ2n) is 5.99. The number of fused-ring (bicyclic) bond motifs is 1. The number of rotatable bonds is 5. The molecule has 1 heterocycles. The molecule has 1 aliphatic carbocycles. The number of carbonyl (C=O) groups excluding carboxylic acids is 3. The van der Waals surface area contributed by atoms with Gasteiger partial charge in [0.2, 0.25) is 5.41 Å². The molecule has 1 aromatic carbocycles. The second-order valence-corrected chi connectivity index (χ2v) is 5.99. The Morgan fingerprint density at radius 2 is 1.73 bits per heavy atom. The zero-order valence-electron chi connectivity index (χ0n) is 14.7. The molecule has 1 aliphatic rings. The van der Waals surface area contributed by atoms with Gasteiger partial charge in [0.1, 0.15) is 5.76 Å². The molecule has 6 nitrogen and oxygen atoms in total. The largest absolute Gasteiger partial charge is 0.469 e. The Hall–Kier alpha value is -2.89. The third kappa shape index (κ3) is 2.62. The third-order valence-electron chi connectivity index (χ3n) is 4.65. The molecule has 0 saturated heterocycles. The zero-order valence-corrected chi connectivity index (χ0v) is 14.7. The average molecular weight is 356 g/mol. The molecule has 0 N–H and O–H groups in total. The average Bonchev–Trinajstić information content (AvgIpc) is 3.16. The fourth-order valence-corrected chi connectivity index (χ4v) is 3.59. The summed E-state index contributed by atoms with van der Waals surface area (Å²) >= 11 is 0. The minimum atomic E-state index is -1.78. The molecule has 0 spiro atoms. The highest BCUT2D eigenvalue weighted by molar-refractivity contribution is 6.14. The van der Waals surface area contributed by atoms with Gasteiger partial charge in [0.25, 0.3) is 0 Å². The quantitative estimate of drug-likeness (QED) is 0.605. The Balaban J connectivity index is 2.32. The lowest BCUT2D eigenvalue weighted by atomic mass is 9.61. The lowest BCUT2D eigenvalue weighted by Gasteiger charge is -2.39. The van der Waals surface area contributed by atoms with Crippen molar-refractivity contribution in [2.24, 2.45) is 0 Å². The number of furan rings is 1. The van der Waals surface area contributed by atoms with E-state index in [1.807, 2.05) is 0 Å². The zero-order chi connectivity index (χ0) is 18.7. The number of esters is 2. The molecule has 0 bridgehead atoms. The summed E-state index contributed by atoms with van der Waals surface area (Å²) in [7, 11) is 0. The van der Waals surface area contributed by atoms with Gasteiger partial charge in [-0.15, -0.1) is 0 Å². The maximum absolute atomic E-state index is 13.1. The van der Waals surface area contributed by atoms with Crippen LogP contribution in [-0.2, 0) is 24.5 Å². The monoisotopic (exact) mass is 356 g/mol. The molecule has 0 saturated carbocycles. The van der Waals surface area contributed by atoms with Gasteiger partial charge in [-0.1, -0.05) is 24.3 Å². The van der Waals surface area contributed by atoms with E-state index >= 15 is 0 Å². The van der Waals surface area contributed by atoms with Crippen molar-refractivity contribution in [3.05, 3.63) is 59.5 Å². The van der Waals surface area contributed by atoms with E-state index in [2.05, 4.69) is 0 Å². The van der Waals surface area contributed by atoms with Gasteiger partial charge in [-0.2, -0.15) is 0 Å². The molecule has 136 valence electrons. The van der Waals surface area contributed by atoms with E-state index in [0.717, 1.165) is 0 Å². The van der Waals surface area contributed by atoms with Crippen molar-refractivity contribution in [3.63, 3.8) is 0 Å². The molecular formula is C20H20O6. The lowest BCUT2D eigenvalue weighted by Crippen LogP contribution is -2.54. The first-order chi connectivity index (χ1) is 12.6. The van der Waals surface area contributed by atoms with Crippen LogP contribution >= 0.6 is 0 Å². The topological polar surface area (TPSA) is 82.8 Å². The fraction of sp³-hybridized carbons (Fsp3) is 0.350. The molecule has 1 aromatic heterocycles. The number of Topliss-reactive ketones (excluding diaryl/α,β-unsaturated/α-hetero) is 1. The Morgan fingerprint density at radius 3 is 2.31 bits per heavy atom. The summed E-state index contributed by atoms with van der Waals surface area (Å²) in [6.07, 6.45) is 1.39. The van der Waals surface area contributed by atoms with Gasteiger partial charge in [-0.3, -0.25) is 14.4 Å². The Bertz CT molecular complexity index is 803. The van der Waals surface area contributed by atoms with E-state index in [1.54, 1.807) is 50.2 Å². The van der Waals surface area contributed by atoms with E-state index in [9.17, 15) is 14.4 Å². The Morgan fingerprint density at radius 1 is 1.08 bits per heavy atom. The van der Waals surface area contributed by atoms with Crippen molar-refractivity contribution in [2.75, 3.05) is 13.2 Å². The molecule has 0 radical (unpaired) electrons. The van der Waals surface area contributed by atoms with E-state index in [1.165, 1.54) is 6.26 Å². The van der Waals surface area contributed by atoms with Crippen molar-refractivity contribution in [1.82, 2.24) is 0 Å². The first-order valence-corrected chi connectivity index (χ1v) is 8.57. The van der Waals surface area contributed by atoms with Crippen LogP contribution in [0.2, 0.25) is 0 Å². The Labute approximate surface area is 151 Å². The third-order valence-corrected chi connectivity index (χ3v) is 4.65. The van der Waals surface area contributed by atoms with E-state index < -0.39 is 23.3 Å². The molecular weight excluding hydrogens is 336 g/mol. The van der Waals surface area contributed by atoms with Crippen LogP contribution < -0.4 is 0 Å². The fourth-order valence-electron chi connectivity index (χ4n) is 3.59. The van der Waals surface area contributed by atoms with Crippen LogP contribution in [0.4, 0.5) is 0 Å². The maximum Gasteiger partial charge on any atom is 0.328 e. The van der Waals surface area contributed by atoms with Crippen LogP contribution in [0, 0.1) is 0 Å². The number of hydrogen-bond donors (Lipinski definition) is 0. The molecule has 3 rings (SSSR count). The van der Waals surface area contributed by atoms with Gasteiger partial charge in [0, 0.05) is 12.0 Å². The number of benzene rings is 1. The number of hydrogen-bond acceptors (Lipinski definition) is 6. The normalized spacial score (nSPS) is 18.1. The summed E-state index contributed by atoms with van der Waals surface area (Å²) in [5.41, 5.74) is -1.15. The number of carbonyl (C=O) groups is 3. The van der Waals surface area contributed by atoms with Gasteiger partial charge in [-0.25, -0.2) is 0 Å². The first kappa shape index (κ1) is 17.9. The maximum atomic E-state index is 13.1. The van der Waals surface area contributed by atoms with Crippen LogP contribution in [0.5, 0.6) is 0 Å². The van der Waals surface area contributed by atoms with Crippen LogP contribution in [0.3, 0.4) is 0 Å². The van der Waals surface area contributed by atoms with E-state index in [4.69, 9.17) is 13.9 Å². The predicted octanol–water partition coefficient (Wildman–Crippen LogP) is 3.01. The second kappa shape index (κ2) is 7.15. The van der Waals surface area contributed by atoms with E-state index in [0.29, 0.717) is 16.9 Å².